The first-order valence-corrected chi connectivity index (χ1v) is 27.7. The van der Waals surface area contributed by atoms with Gasteiger partial charge >= 0.3 is 11.9 Å². The summed E-state index contributed by atoms with van der Waals surface area (Å²) in [5.41, 5.74) is 0. The molecule has 0 fully saturated rings. The van der Waals surface area contributed by atoms with Gasteiger partial charge in [0.05, 0.1) is 6.61 Å². The number of unbranched alkanes of at least 4 members (excludes halogenated alkanes) is 9. The molecule has 70 heavy (non-hydrogen) atoms. The zero-order valence-corrected chi connectivity index (χ0v) is 44.7. The van der Waals surface area contributed by atoms with Crippen LogP contribution in [0.15, 0.2) is 170 Å². The number of carbonyl (C=O) groups excluding carboxylic acids is 2. The highest BCUT2D eigenvalue weighted by Crippen LogP contribution is 2.11. The molecule has 0 heterocycles. The Morgan fingerprint density at radius 1 is 0.314 bits per heavy atom. The standard InChI is InChI=1S/C65H100O5/c1-4-7-10-13-16-19-22-25-28-31-33-35-37-40-43-46-49-52-55-58-64(66)69-62-63(61-68-60-57-54-51-48-45-42-39-30-27-24-21-18-15-12-9-6-3)70-65(67)59-56-53-50-47-44-41-38-36-34-32-29-26-23-20-17-14-11-8-5-2/h7-12,16-21,25-30,33-36,40-41,43-44,49,52,63H,4-6,13-15,22-24,31-32,37-39,42,45-48,50-51,53-62H2,1-3H3/b10-7-,11-8-,12-9-,19-16-,20-17-,21-18-,28-25-,29-26-,30-27-,35-33-,36-34-,43-40-,44-41-,52-49-. The van der Waals surface area contributed by atoms with Gasteiger partial charge in [0.2, 0.25) is 0 Å². The molecule has 0 aromatic carbocycles. The fourth-order valence-corrected chi connectivity index (χ4v) is 6.75. The van der Waals surface area contributed by atoms with Crippen molar-refractivity contribution in [2.75, 3.05) is 19.8 Å². The average Bonchev–Trinajstić information content (AvgIpc) is 3.36. The summed E-state index contributed by atoms with van der Waals surface area (Å²) < 4.78 is 17.3. The van der Waals surface area contributed by atoms with Crippen LogP contribution in [-0.4, -0.2) is 37.9 Å². The largest absolute Gasteiger partial charge is 0.462 e. The quantitative estimate of drug-likeness (QED) is 0.0345. The van der Waals surface area contributed by atoms with Crippen LogP contribution in [0.5, 0.6) is 0 Å². The van der Waals surface area contributed by atoms with Crippen LogP contribution in [0.4, 0.5) is 0 Å². The van der Waals surface area contributed by atoms with E-state index < -0.39 is 6.10 Å². The predicted octanol–water partition coefficient (Wildman–Crippen LogP) is 19.2. The summed E-state index contributed by atoms with van der Waals surface area (Å²) >= 11 is 0. The lowest BCUT2D eigenvalue weighted by atomic mass is 10.1. The van der Waals surface area contributed by atoms with E-state index in [9.17, 15) is 9.59 Å². The normalized spacial score (nSPS) is 13.6. The highest BCUT2D eigenvalue weighted by molar-refractivity contribution is 5.70. The summed E-state index contributed by atoms with van der Waals surface area (Å²) in [5, 5.41) is 0. The topological polar surface area (TPSA) is 61.8 Å². The van der Waals surface area contributed by atoms with Gasteiger partial charge in [0, 0.05) is 19.4 Å². The van der Waals surface area contributed by atoms with E-state index in [1.807, 2.05) is 6.08 Å². The molecule has 1 unspecified atom stereocenters. The summed E-state index contributed by atoms with van der Waals surface area (Å²) in [6.07, 6.45) is 88.1. The molecule has 0 aliphatic rings. The Bertz CT molecular complexity index is 1600. The first-order chi connectivity index (χ1) is 34.6. The van der Waals surface area contributed by atoms with Crippen molar-refractivity contribution < 1.29 is 23.8 Å². The first-order valence-electron chi connectivity index (χ1n) is 27.7. The van der Waals surface area contributed by atoms with E-state index in [1.165, 1.54) is 25.7 Å². The van der Waals surface area contributed by atoms with Crippen molar-refractivity contribution in [3.05, 3.63) is 170 Å². The molecule has 1 atom stereocenters. The summed E-state index contributed by atoms with van der Waals surface area (Å²) in [7, 11) is 0. The minimum atomic E-state index is -0.606. The Morgan fingerprint density at radius 2 is 0.629 bits per heavy atom. The molecule has 0 radical (unpaired) electrons. The van der Waals surface area contributed by atoms with Gasteiger partial charge in [-0.3, -0.25) is 9.59 Å². The third-order valence-corrected chi connectivity index (χ3v) is 10.7. The Morgan fingerprint density at radius 3 is 1.01 bits per heavy atom. The monoisotopic (exact) mass is 961 g/mol. The summed E-state index contributed by atoms with van der Waals surface area (Å²) in [4.78, 5) is 25.5. The van der Waals surface area contributed by atoms with Crippen molar-refractivity contribution in [1.29, 1.82) is 0 Å². The van der Waals surface area contributed by atoms with Crippen molar-refractivity contribution in [3.63, 3.8) is 0 Å². The molecular weight excluding hydrogens is 861 g/mol. The van der Waals surface area contributed by atoms with Crippen molar-refractivity contribution in [2.45, 2.75) is 207 Å². The zero-order valence-electron chi connectivity index (χ0n) is 44.7. The molecule has 0 spiro atoms. The zero-order chi connectivity index (χ0) is 50.6. The minimum absolute atomic E-state index is 0.0133. The van der Waals surface area contributed by atoms with Crippen LogP contribution in [0.3, 0.4) is 0 Å². The number of allylic oxidation sites excluding steroid dienone is 28. The SMILES string of the molecule is CC/C=C\C/C=C\C/C=C\C/C=C\C/C=C\C/C=C\CCC(=O)OCC(COCCCCCCCC/C=C\C/C=C\C/C=C\CC)OC(=O)CCCCC/C=C\C/C=C\C/C=C\C/C=C\C/C=C\CC. The van der Waals surface area contributed by atoms with Gasteiger partial charge in [0.25, 0.3) is 0 Å². The number of hydrogen-bond donors (Lipinski definition) is 0. The fraction of sp³-hybridized carbons (Fsp3) is 0.538. The highest BCUT2D eigenvalue weighted by atomic mass is 16.6. The third kappa shape index (κ3) is 55.9. The van der Waals surface area contributed by atoms with E-state index in [4.69, 9.17) is 14.2 Å². The highest BCUT2D eigenvalue weighted by Gasteiger charge is 2.17. The minimum Gasteiger partial charge on any atom is -0.462 e. The van der Waals surface area contributed by atoms with Gasteiger partial charge in [0.1, 0.15) is 6.61 Å². The van der Waals surface area contributed by atoms with Crippen molar-refractivity contribution in [2.24, 2.45) is 0 Å². The van der Waals surface area contributed by atoms with Gasteiger partial charge in [0.15, 0.2) is 6.10 Å². The average molecular weight is 962 g/mol. The van der Waals surface area contributed by atoms with E-state index >= 15 is 0 Å². The van der Waals surface area contributed by atoms with Crippen LogP contribution >= 0.6 is 0 Å². The molecule has 0 amide bonds. The van der Waals surface area contributed by atoms with E-state index in [1.54, 1.807) is 0 Å². The van der Waals surface area contributed by atoms with E-state index in [0.717, 1.165) is 135 Å². The lowest BCUT2D eigenvalue weighted by Gasteiger charge is -2.18. The predicted molar refractivity (Wildman–Crippen MR) is 306 cm³/mol. The van der Waals surface area contributed by atoms with Crippen molar-refractivity contribution in [3.8, 4) is 0 Å². The second kappa shape index (κ2) is 58.6. The fourth-order valence-electron chi connectivity index (χ4n) is 6.75. The molecule has 0 saturated heterocycles. The lowest BCUT2D eigenvalue weighted by molar-refractivity contribution is -0.162. The van der Waals surface area contributed by atoms with Crippen LogP contribution in [0.1, 0.15) is 201 Å². The van der Waals surface area contributed by atoms with Gasteiger partial charge < -0.3 is 14.2 Å². The van der Waals surface area contributed by atoms with Crippen molar-refractivity contribution >= 4 is 11.9 Å². The summed E-state index contributed by atoms with van der Waals surface area (Å²) in [6, 6.07) is 0. The van der Waals surface area contributed by atoms with E-state index in [2.05, 4.69) is 185 Å². The third-order valence-electron chi connectivity index (χ3n) is 10.7. The molecule has 0 aliphatic carbocycles. The molecule has 0 aromatic heterocycles. The molecule has 0 aromatic rings. The summed E-state index contributed by atoms with van der Waals surface area (Å²) in [5.74, 6) is -0.554. The maximum atomic E-state index is 12.8. The van der Waals surface area contributed by atoms with E-state index in [-0.39, 0.29) is 31.6 Å². The van der Waals surface area contributed by atoms with Gasteiger partial charge in [-0.15, -0.1) is 0 Å². The Labute approximate surface area is 430 Å². The number of esters is 2. The molecule has 390 valence electrons. The lowest BCUT2D eigenvalue weighted by Crippen LogP contribution is -2.30. The number of rotatable bonds is 48. The molecule has 0 N–H and O–H groups in total. The number of carbonyl (C=O) groups is 2. The summed E-state index contributed by atoms with van der Waals surface area (Å²) in [6.45, 7) is 7.32. The maximum Gasteiger partial charge on any atom is 0.306 e. The van der Waals surface area contributed by atoms with Crippen LogP contribution < -0.4 is 0 Å². The number of hydrogen-bond acceptors (Lipinski definition) is 5. The first kappa shape index (κ1) is 65.3. The van der Waals surface area contributed by atoms with Gasteiger partial charge in [-0.2, -0.15) is 0 Å². The van der Waals surface area contributed by atoms with Crippen LogP contribution in [0.25, 0.3) is 0 Å². The van der Waals surface area contributed by atoms with Gasteiger partial charge in [-0.1, -0.05) is 223 Å². The second-order valence-electron chi connectivity index (χ2n) is 17.3. The maximum absolute atomic E-state index is 12.8. The van der Waals surface area contributed by atoms with Crippen molar-refractivity contribution in [1.82, 2.24) is 0 Å². The number of ether oxygens (including phenoxy) is 3. The van der Waals surface area contributed by atoms with Crippen LogP contribution in [0, 0.1) is 0 Å². The smallest absolute Gasteiger partial charge is 0.306 e. The van der Waals surface area contributed by atoms with Crippen LogP contribution in [-0.2, 0) is 23.8 Å². The molecule has 5 nitrogen and oxygen atoms in total. The molecule has 0 aliphatic heterocycles. The second-order valence-corrected chi connectivity index (χ2v) is 17.3. The molecule has 0 saturated carbocycles. The van der Waals surface area contributed by atoms with Gasteiger partial charge in [-0.05, 0) is 135 Å². The molecular formula is C65H100O5. The molecule has 0 bridgehead atoms. The van der Waals surface area contributed by atoms with E-state index in [0.29, 0.717) is 19.4 Å². The molecule has 5 heteroatoms. The molecule has 0 rings (SSSR count). The van der Waals surface area contributed by atoms with Gasteiger partial charge in [-0.25, -0.2) is 0 Å². The Kier molecular flexibility index (Phi) is 54.6. The Balaban J connectivity index is 4.53. The van der Waals surface area contributed by atoms with Crippen LogP contribution in [0.2, 0.25) is 0 Å². The Hall–Kier alpha value is -4.74.